The van der Waals surface area contributed by atoms with Gasteiger partial charge in [-0.25, -0.2) is 0 Å². The summed E-state index contributed by atoms with van der Waals surface area (Å²) < 4.78 is 39.3. The normalized spacial score (nSPS) is 18.4. The molecule has 1 atom stereocenters. The summed E-state index contributed by atoms with van der Waals surface area (Å²) in [6.45, 7) is 6.13. The topological polar surface area (TPSA) is 60.0 Å². The largest absolute Gasteiger partial charge is 0.451 e. The fourth-order valence-corrected chi connectivity index (χ4v) is 2.27. The molecule has 2 rings (SSSR count). The predicted molar refractivity (Wildman–Crippen MR) is 67.7 cm³/mol. The molecule has 20 heavy (non-hydrogen) atoms. The Labute approximate surface area is 115 Å². The van der Waals surface area contributed by atoms with E-state index in [2.05, 4.69) is 28.9 Å². The van der Waals surface area contributed by atoms with E-state index in [1.165, 1.54) is 4.57 Å². The smallest absolute Gasteiger partial charge is 0.327 e. The average Bonchev–Trinajstić information content (AvgIpc) is 2.78. The third kappa shape index (κ3) is 3.29. The van der Waals surface area contributed by atoms with E-state index in [1.807, 2.05) is 0 Å². The van der Waals surface area contributed by atoms with Gasteiger partial charge in [-0.1, -0.05) is 13.8 Å². The Hall–Kier alpha value is -1.15. The minimum atomic E-state index is -4.44. The molecule has 1 aliphatic heterocycles. The molecule has 2 N–H and O–H groups in total. The number of nitrogens with zero attached hydrogens (tertiary/aromatic N) is 4. The van der Waals surface area contributed by atoms with Crippen molar-refractivity contribution in [2.75, 3.05) is 13.1 Å². The van der Waals surface area contributed by atoms with Crippen molar-refractivity contribution in [3.8, 4) is 0 Å². The van der Waals surface area contributed by atoms with E-state index in [1.54, 1.807) is 0 Å². The SMILES string of the molecule is CC(C)C(N)CCN1CCn2c(nnc2C(F)(F)F)C1. The quantitative estimate of drug-likeness (QED) is 0.913. The minimum absolute atomic E-state index is 0.112. The molecule has 114 valence electrons. The first-order valence-corrected chi connectivity index (χ1v) is 6.76. The molecule has 1 aromatic rings. The molecule has 1 unspecified atom stereocenters. The van der Waals surface area contributed by atoms with Gasteiger partial charge in [0.1, 0.15) is 5.82 Å². The van der Waals surface area contributed by atoms with E-state index in [0.717, 1.165) is 13.0 Å². The highest BCUT2D eigenvalue weighted by atomic mass is 19.4. The van der Waals surface area contributed by atoms with Crippen LogP contribution in [0.5, 0.6) is 0 Å². The van der Waals surface area contributed by atoms with Gasteiger partial charge in [-0.05, 0) is 12.3 Å². The Kier molecular flexibility index (Phi) is 4.33. The first-order valence-electron chi connectivity index (χ1n) is 6.76. The molecule has 0 aromatic carbocycles. The van der Waals surface area contributed by atoms with Gasteiger partial charge < -0.3 is 10.3 Å². The highest BCUT2D eigenvalue weighted by Crippen LogP contribution is 2.29. The van der Waals surface area contributed by atoms with Crippen LogP contribution in [0.15, 0.2) is 0 Å². The van der Waals surface area contributed by atoms with E-state index in [4.69, 9.17) is 5.73 Å². The molecular formula is C12H20F3N5. The van der Waals surface area contributed by atoms with E-state index in [0.29, 0.717) is 24.8 Å². The first-order chi connectivity index (χ1) is 9.29. The van der Waals surface area contributed by atoms with Crippen LogP contribution in [0.25, 0.3) is 0 Å². The van der Waals surface area contributed by atoms with Crippen LogP contribution in [0.2, 0.25) is 0 Å². The summed E-state index contributed by atoms with van der Waals surface area (Å²) in [5, 5.41) is 6.92. The maximum Gasteiger partial charge on any atom is 0.451 e. The fraction of sp³-hybridized carbons (Fsp3) is 0.833. The van der Waals surface area contributed by atoms with Crippen molar-refractivity contribution in [3.05, 3.63) is 11.6 Å². The Bertz CT molecular complexity index is 454. The van der Waals surface area contributed by atoms with Crippen molar-refractivity contribution in [2.24, 2.45) is 11.7 Å². The average molecular weight is 291 g/mol. The molecule has 0 bridgehead atoms. The van der Waals surface area contributed by atoms with Crippen LogP contribution < -0.4 is 5.73 Å². The Balaban J connectivity index is 1.97. The molecule has 1 aliphatic rings. The molecule has 1 aromatic heterocycles. The second-order valence-electron chi connectivity index (χ2n) is 5.56. The van der Waals surface area contributed by atoms with Gasteiger partial charge in [-0.2, -0.15) is 13.2 Å². The molecule has 8 heteroatoms. The zero-order chi connectivity index (χ0) is 14.9. The molecule has 0 saturated carbocycles. The second-order valence-corrected chi connectivity index (χ2v) is 5.56. The van der Waals surface area contributed by atoms with Crippen molar-refractivity contribution >= 4 is 0 Å². The van der Waals surface area contributed by atoms with Crippen LogP contribution in [-0.2, 0) is 19.3 Å². The molecule has 0 spiro atoms. The number of alkyl halides is 3. The zero-order valence-electron chi connectivity index (χ0n) is 11.7. The third-order valence-corrected chi connectivity index (χ3v) is 3.72. The van der Waals surface area contributed by atoms with E-state index >= 15 is 0 Å². The van der Waals surface area contributed by atoms with Crippen LogP contribution in [0.1, 0.15) is 31.9 Å². The predicted octanol–water partition coefficient (Wildman–Crippen LogP) is 1.49. The molecule has 0 saturated heterocycles. The minimum Gasteiger partial charge on any atom is -0.327 e. The summed E-state index contributed by atoms with van der Waals surface area (Å²) in [4.78, 5) is 2.08. The molecular weight excluding hydrogens is 271 g/mol. The zero-order valence-corrected chi connectivity index (χ0v) is 11.7. The first kappa shape index (κ1) is 15.2. The Morgan fingerprint density at radius 3 is 2.55 bits per heavy atom. The highest BCUT2D eigenvalue weighted by Gasteiger charge is 2.39. The standard InChI is InChI=1S/C12H20F3N5/c1-8(2)9(16)3-4-19-5-6-20-10(7-19)17-18-11(20)12(13,14)15/h8-9H,3-7,16H2,1-2H3. The van der Waals surface area contributed by atoms with Crippen molar-refractivity contribution in [3.63, 3.8) is 0 Å². The van der Waals surface area contributed by atoms with Gasteiger partial charge in [-0.15, -0.1) is 10.2 Å². The van der Waals surface area contributed by atoms with Gasteiger partial charge in [-0.3, -0.25) is 4.90 Å². The van der Waals surface area contributed by atoms with Gasteiger partial charge >= 0.3 is 6.18 Å². The maximum atomic E-state index is 12.7. The number of rotatable bonds is 4. The molecule has 5 nitrogen and oxygen atoms in total. The number of nitrogens with two attached hydrogens (primary N) is 1. The van der Waals surface area contributed by atoms with Gasteiger partial charge in [0, 0.05) is 25.7 Å². The molecule has 0 radical (unpaired) electrons. The number of fused-ring (bicyclic) bond motifs is 1. The molecule has 2 heterocycles. The fourth-order valence-electron chi connectivity index (χ4n) is 2.27. The van der Waals surface area contributed by atoms with Crippen molar-refractivity contribution in [1.82, 2.24) is 19.7 Å². The van der Waals surface area contributed by atoms with Crippen LogP contribution in [-0.4, -0.2) is 38.8 Å². The van der Waals surface area contributed by atoms with Crippen LogP contribution in [0.3, 0.4) is 0 Å². The summed E-state index contributed by atoms with van der Waals surface area (Å²) in [5.41, 5.74) is 5.98. The van der Waals surface area contributed by atoms with Crippen molar-refractivity contribution in [2.45, 2.75) is 45.6 Å². The van der Waals surface area contributed by atoms with Crippen LogP contribution in [0.4, 0.5) is 13.2 Å². The van der Waals surface area contributed by atoms with Gasteiger partial charge in [0.25, 0.3) is 0 Å². The Morgan fingerprint density at radius 1 is 1.25 bits per heavy atom. The lowest BCUT2D eigenvalue weighted by atomic mass is 10.0. The lowest BCUT2D eigenvalue weighted by molar-refractivity contribution is -0.148. The van der Waals surface area contributed by atoms with Gasteiger partial charge in [0.15, 0.2) is 0 Å². The lowest BCUT2D eigenvalue weighted by Crippen LogP contribution is -2.38. The van der Waals surface area contributed by atoms with E-state index < -0.39 is 12.0 Å². The van der Waals surface area contributed by atoms with E-state index in [9.17, 15) is 13.2 Å². The monoisotopic (exact) mass is 291 g/mol. The number of aromatic nitrogens is 3. The molecule has 0 fully saturated rings. The molecule has 0 aliphatic carbocycles. The van der Waals surface area contributed by atoms with Gasteiger partial charge in [0.2, 0.25) is 5.82 Å². The second kappa shape index (κ2) is 5.69. The summed E-state index contributed by atoms with van der Waals surface area (Å²) >= 11 is 0. The van der Waals surface area contributed by atoms with Crippen molar-refractivity contribution < 1.29 is 13.2 Å². The summed E-state index contributed by atoms with van der Waals surface area (Å²) in [5.74, 6) is -0.118. The van der Waals surface area contributed by atoms with E-state index in [-0.39, 0.29) is 12.6 Å². The number of halogens is 3. The summed E-state index contributed by atoms with van der Waals surface area (Å²) in [6, 6.07) is 0.112. The summed E-state index contributed by atoms with van der Waals surface area (Å²) in [6.07, 6.45) is -3.61. The third-order valence-electron chi connectivity index (χ3n) is 3.72. The summed E-state index contributed by atoms with van der Waals surface area (Å²) in [7, 11) is 0. The van der Waals surface area contributed by atoms with Crippen LogP contribution in [0, 0.1) is 5.92 Å². The maximum absolute atomic E-state index is 12.7. The van der Waals surface area contributed by atoms with Crippen LogP contribution >= 0.6 is 0 Å². The lowest BCUT2D eigenvalue weighted by Gasteiger charge is -2.29. The Morgan fingerprint density at radius 2 is 1.95 bits per heavy atom. The van der Waals surface area contributed by atoms with Gasteiger partial charge in [0.05, 0.1) is 6.54 Å². The highest BCUT2D eigenvalue weighted by molar-refractivity contribution is 5.02. The number of hydrogen-bond acceptors (Lipinski definition) is 4. The number of hydrogen-bond donors (Lipinski definition) is 1. The molecule has 0 amide bonds. The van der Waals surface area contributed by atoms with Crippen molar-refractivity contribution in [1.29, 1.82) is 0 Å².